The van der Waals surface area contributed by atoms with Crippen LogP contribution in [0.15, 0.2) is 24.8 Å². The Morgan fingerprint density at radius 2 is 2.25 bits per heavy atom. The molecule has 0 radical (unpaired) electrons. The van der Waals surface area contributed by atoms with Gasteiger partial charge in [-0.3, -0.25) is 0 Å². The zero-order valence-electron chi connectivity index (χ0n) is 8.80. The van der Waals surface area contributed by atoms with Crippen molar-refractivity contribution < 1.29 is 9.84 Å². The number of hydrogen-bond donors (Lipinski definition) is 2. The third-order valence-corrected chi connectivity index (χ3v) is 2.07. The summed E-state index contributed by atoms with van der Waals surface area (Å²) in [6.07, 6.45) is 1.48. The number of phenols is 1. The summed E-state index contributed by atoms with van der Waals surface area (Å²) in [6.45, 7) is 3.53. The maximum atomic E-state index is 9.75. The standard InChI is InChI=1S/C11H12N2O2.ClH/c1-3-9(13)8-4-7(6-12)5-10(15-2)11(8)14;/h3-5,9,14H,1,13H2,2H3;1H/t9-;/m1./s1. The number of benzene rings is 1. The molecule has 1 aromatic rings. The highest BCUT2D eigenvalue weighted by molar-refractivity contribution is 5.85. The lowest BCUT2D eigenvalue weighted by Crippen LogP contribution is -2.07. The number of phenolic OH excluding ortho intramolecular Hbond substituents is 1. The molecule has 4 nitrogen and oxygen atoms in total. The molecule has 86 valence electrons. The maximum absolute atomic E-state index is 9.75. The highest BCUT2D eigenvalue weighted by atomic mass is 35.5. The third kappa shape index (κ3) is 2.66. The summed E-state index contributed by atoms with van der Waals surface area (Å²) in [6, 6.07) is 4.42. The van der Waals surface area contributed by atoms with Gasteiger partial charge in [-0.25, -0.2) is 0 Å². The van der Waals surface area contributed by atoms with Gasteiger partial charge in [0.2, 0.25) is 0 Å². The van der Waals surface area contributed by atoms with Crippen LogP contribution in [-0.4, -0.2) is 12.2 Å². The lowest BCUT2D eigenvalue weighted by atomic mass is 10.0. The van der Waals surface area contributed by atoms with Gasteiger partial charge in [-0.05, 0) is 6.07 Å². The number of nitrogens with zero attached hydrogens (tertiary/aromatic N) is 1. The molecule has 1 rings (SSSR count). The van der Waals surface area contributed by atoms with Crippen molar-refractivity contribution in [3.63, 3.8) is 0 Å². The number of aromatic hydroxyl groups is 1. The van der Waals surface area contributed by atoms with Crippen molar-refractivity contribution in [2.75, 3.05) is 7.11 Å². The van der Waals surface area contributed by atoms with Crippen molar-refractivity contribution in [2.45, 2.75) is 6.04 Å². The summed E-state index contributed by atoms with van der Waals surface area (Å²) < 4.78 is 4.93. The zero-order chi connectivity index (χ0) is 11.4. The van der Waals surface area contributed by atoms with Gasteiger partial charge in [0.15, 0.2) is 11.5 Å². The predicted molar refractivity (Wildman–Crippen MR) is 63.7 cm³/mol. The van der Waals surface area contributed by atoms with Gasteiger partial charge in [0, 0.05) is 11.6 Å². The van der Waals surface area contributed by atoms with E-state index in [2.05, 4.69) is 6.58 Å². The van der Waals surface area contributed by atoms with Crippen LogP contribution in [0.3, 0.4) is 0 Å². The minimum atomic E-state index is -0.521. The molecule has 0 saturated heterocycles. The molecule has 0 heterocycles. The summed E-state index contributed by atoms with van der Waals surface area (Å²) in [5.74, 6) is 0.185. The second-order valence-electron chi connectivity index (χ2n) is 2.99. The predicted octanol–water partition coefficient (Wildman–Crippen LogP) is 1.88. The lowest BCUT2D eigenvalue weighted by Gasteiger charge is -2.12. The van der Waals surface area contributed by atoms with Gasteiger partial charge in [0.1, 0.15) is 0 Å². The minimum absolute atomic E-state index is 0. The van der Waals surface area contributed by atoms with Crippen LogP contribution in [0, 0.1) is 11.3 Å². The highest BCUT2D eigenvalue weighted by Crippen LogP contribution is 2.34. The second kappa shape index (κ2) is 6.01. The number of nitriles is 1. The van der Waals surface area contributed by atoms with Crippen molar-refractivity contribution in [1.29, 1.82) is 5.26 Å². The van der Waals surface area contributed by atoms with E-state index in [0.717, 1.165) is 0 Å². The van der Waals surface area contributed by atoms with Crippen molar-refractivity contribution in [3.8, 4) is 17.6 Å². The van der Waals surface area contributed by atoms with Crippen LogP contribution in [0.5, 0.6) is 11.5 Å². The molecule has 1 aromatic carbocycles. The number of rotatable bonds is 3. The van der Waals surface area contributed by atoms with E-state index in [1.165, 1.54) is 25.3 Å². The number of halogens is 1. The van der Waals surface area contributed by atoms with Crippen LogP contribution in [0.2, 0.25) is 0 Å². The molecule has 0 saturated carbocycles. The molecule has 0 spiro atoms. The molecule has 0 unspecified atom stereocenters. The Kier molecular flexibility index (Phi) is 5.37. The first kappa shape index (κ1) is 14.3. The van der Waals surface area contributed by atoms with E-state index in [1.54, 1.807) is 0 Å². The topological polar surface area (TPSA) is 79.3 Å². The molecule has 0 aliphatic rings. The molecule has 0 amide bonds. The Balaban J connectivity index is 0.00000225. The van der Waals surface area contributed by atoms with Gasteiger partial charge >= 0.3 is 0 Å². The monoisotopic (exact) mass is 240 g/mol. The Morgan fingerprint density at radius 1 is 1.62 bits per heavy atom. The molecular formula is C11H13ClN2O2. The number of hydrogen-bond acceptors (Lipinski definition) is 4. The van der Waals surface area contributed by atoms with Crippen molar-refractivity contribution in [3.05, 3.63) is 35.9 Å². The molecule has 5 heteroatoms. The first-order chi connectivity index (χ1) is 7.13. The lowest BCUT2D eigenvalue weighted by molar-refractivity contribution is 0.369. The smallest absolute Gasteiger partial charge is 0.162 e. The first-order valence-electron chi connectivity index (χ1n) is 4.33. The Labute approximate surface area is 100 Å². The molecule has 3 N–H and O–H groups in total. The van der Waals surface area contributed by atoms with E-state index in [4.69, 9.17) is 15.7 Å². The van der Waals surface area contributed by atoms with E-state index in [9.17, 15) is 5.11 Å². The van der Waals surface area contributed by atoms with Crippen LogP contribution in [0.1, 0.15) is 17.2 Å². The molecule has 0 aromatic heterocycles. The van der Waals surface area contributed by atoms with Gasteiger partial charge in [0.05, 0.1) is 24.8 Å². The van der Waals surface area contributed by atoms with Gasteiger partial charge in [-0.15, -0.1) is 19.0 Å². The van der Waals surface area contributed by atoms with E-state index in [0.29, 0.717) is 11.1 Å². The van der Waals surface area contributed by atoms with E-state index >= 15 is 0 Å². The summed E-state index contributed by atoms with van der Waals surface area (Å²) >= 11 is 0. The zero-order valence-corrected chi connectivity index (χ0v) is 9.62. The Hall–Kier alpha value is -1.70. The van der Waals surface area contributed by atoms with Crippen LogP contribution in [-0.2, 0) is 0 Å². The second-order valence-corrected chi connectivity index (χ2v) is 2.99. The fraction of sp³-hybridized carbons (Fsp3) is 0.182. The normalized spacial score (nSPS) is 10.8. The fourth-order valence-electron chi connectivity index (χ4n) is 1.23. The van der Waals surface area contributed by atoms with Crippen molar-refractivity contribution in [1.82, 2.24) is 0 Å². The Bertz CT molecular complexity index is 427. The summed E-state index contributed by atoms with van der Waals surface area (Å²) in [7, 11) is 1.42. The van der Waals surface area contributed by atoms with Gasteiger partial charge in [-0.1, -0.05) is 6.08 Å². The van der Waals surface area contributed by atoms with Crippen molar-refractivity contribution in [2.24, 2.45) is 5.73 Å². The summed E-state index contributed by atoms with van der Waals surface area (Å²) in [4.78, 5) is 0. The fourth-order valence-corrected chi connectivity index (χ4v) is 1.23. The average molecular weight is 241 g/mol. The molecule has 0 aliphatic carbocycles. The van der Waals surface area contributed by atoms with Crippen LogP contribution in [0.4, 0.5) is 0 Å². The number of nitrogens with two attached hydrogens (primary N) is 1. The van der Waals surface area contributed by atoms with E-state index in [1.807, 2.05) is 6.07 Å². The average Bonchev–Trinajstić information content (AvgIpc) is 2.28. The van der Waals surface area contributed by atoms with E-state index < -0.39 is 6.04 Å². The van der Waals surface area contributed by atoms with Gasteiger partial charge in [0.25, 0.3) is 0 Å². The highest BCUT2D eigenvalue weighted by Gasteiger charge is 2.14. The summed E-state index contributed by atoms with van der Waals surface area (Å²) in [5.41, 5.74) is 6.52. The van der Waals surface area contributed by atoms with E-state index in [-0.39, 0.29) is 23.9 Å². The molecule has 0 bridgehead atoms. The molecule has 0 aliphatic heterocycles. The molecule has 0 fully saturated rings. The largest absolute Gasteiger partial charge is 0.504 e. The van der Waals surface area contributed by atoms with Crippen LogP contribution in [0.25, 0.3) is 0 Å². The summed E-state index contributed by atoms with van der Waals surface area (Å²) in [5, 5.41) is 18.5. The van der Waals surface area contributed by atoms with Gasteiger partial charge in [-0.2, -0.15) is 5.26 Å². The number of ether oxygens (including phenoxy) is 1. The van der Waals surface area contributed by atoms with Crippen molar-refractivity contribution >= 4 is 12.4 Å². The SMILES string of the molecule is C=C[C@@H](N)c1cc(C#N)cc(OC)c1O.Cl. The maximum Gasteiger partial charge on any atom is 0.162 e. The van der Waals surface area contributed by atoms with Crippen LogP contribution < -0.4 is 10.5 Å². The molecular weight excluding hydrogens is 228 g/mol. The molecule has 1 atom stereocenters. The molecule has 16 heavy (non-hydrogen) atoms. The Morgan fingerprint density at radius 3 is 2.69 bits per heavy atom. The first-order valence-corrected chi connectivity index (χ1v) is 4.33. The third-order valence-electron chi connectivity index (χ3n) is 2.07. The minimum Gasteiger partial charge on any atom is -0.504 e. The van der Waals surface area contributed by atoms with Gasteiger partial charge < -0.3 is 15.6 Å². The van der Waals surface area contributed by atoms with Crippen LogP contribution >= 0.6 is 12.4 Å². The number of methoxy groups -OCH3 is 1. The quantitative estimate of drug-likeness (QED) is 0.791.